The summed E-state index contributed by atoms with van der Waals surface area (Å²) in [4.78, 5) is 2.57. The zero-order valence-electron chi connectivity index (χ0n) is 12.2. The molecule has 114 valence electrons. The molecule has 0 fully saturated rings. The lowest BCUT2D eigenvalue weighted by molar-refractivity contribution is 0.202. The molecule has 0 saturated carbocycles. The summed E-state index contributed by atoms with van der Waals surface area (Å²) in [5, 5.41) is 0. The smallest absolute Gasteiger partial charge is 0.242 e. The van der Waals surface area contributed by atoms with Gasteiger partial charge in [-0.25, -0.2) is 12.7 Å². The molecule has 0 bridgehead atoms. The van der Waals surface area contributed by atoms with Crippen molar-refractivity contribution in [3.8, 4) is 0 Å². The Bertz CT molecular complexity index is 517. The molecule has 20 heavy (non-hydrogen) atoms. The second kappa shape index (κ2) is 7.40. The van der Waals surface area contributed by atoms with Crippen LogP contribution < -0.4 is 4.90 Å². The van der Waals surface area contributed by atoms with Gasteiger partial charge in [0, 0.05) is 40.5 Å². The maximum absolute atomic E-state index is 12.0. The molecule has 0 heterocycles. The predicted octanol–water partition coefficient (Wildman–Crippen LogP) is 1.78. The van der Waals surface area contributed by atoms with E-state index in [0.29, 0.717) is 11.5 Å². The number of rotatable bonds is 7. The Balaban J connectivity index is 2.81. The zero-order chi connectivity index (χ0) is 15.3. The van der Waals surface area contributed by atoms with Crippen molar-refractivity contribution >= 4 is 31.6 Å². The normalized spacial score (nSPS) is 13.5. The second-order valence-electron chi connectivity index (χ2n) is 4.71. The van der Waals surface area contributed by atoms with Gasteiger partial charge in [0.1, 0.15) is 0 Å². The molecular formula is C13H21BrN2O3S. The van der Waals surface area contributed by atoms with Crippen LogP contribution in [-0.4, -0.2) is 59.0 Å². The molecule has 1 aromatic carbocycles. The van der Waals surface area contributed by atoms with Crippen LogP contribution in [0.3, 0.4) is 0 Å². The minimum Gasteiger partial charge on any atom is -0.383 e. The van der Waals surface area contributed by atoms with Gasteiger partial charge in [0.15, 0.2) is 0 Å². The third-order valence-electron chi connectivity index (χ3n) is 2.88. The number of methoxy groups -OCH3 is 1. The first-order chi connectivity index (χ1) is 9.28. The van der Waals surface area contributed by atoms with E-state index in [-0.39, 0.29) is 4.83 Å². The first kappa shape index (κ1) is 17.4. The molecule has 0 saturated heterocycles. The minimum atomic E-state index is -3.37. The van der Waals surface area contributed by atoms with Gasteiger partial charge in [-0.1, -0.05) is 15.9 Å². The van der Waals surface area contributed by atoms with Crippen molar-refractivity contribution in [3.05, 3.63) is 24.3 Å². The van der Waals surface area contributed by atoms with Crippen LogP contribution in [0.2, 0.25) is 0 Å². The Labute approximate surface area is 129 Å². The lowest BCUT2D eigenvalue weighted by Gasteiger charge is -2.22. The van der Waals surface area contributed by atoms with E-state index in [1.807, 2.05) is 24.1 Å². The summed E-state index contributed by atoms with van der Waals surface area (Å²) in [7, 11) is 3.30. The summed E-state index contributed by atoms with van der Waals surface area (Å²) in [6.07, 6.45) is 0. The molecule has 0 amide bonds. The fourth-order valence-corrected chi connectivity index (χ4v) is 3.32. The first-order valence-electron chi connectivity index (χ1n) is 6.15. The molecule has 5 nitrogen and oxygen atoms in total. The largest absolute Gasteiger partial charge is 0.383 e. The summed E-state index contributed by atoms with van der Waals surface area (Å²) in [5.41, 5.74) is 0.961. The molecule has 0 spiro atoms. The molecule has 1 rings (SSSR count). The lowest BCUT2D eigenvalue weighted by atomic mass is 10.3. The van der Waals surface area contributed by atoms with Crippen LogP contribution in [0.4, 0.5) is 5.69 Å². The number of benzene rings is 1. The van der Waals surface area contributed by atoms with Gasteiger partial charge in [0.05, 0.1) is 16.3 Å². The quantitative estimate of drug-likeness (QED) is 0.692. The third kappa shape index (κ3) is 4.44. The topological polar surface area (TPSA) is 49.9 Å². The maximum Gasteiger partial charge on any atom is 0.242 e. The summed E-state index contributed by atoms with van der Waals surface area (Å²) >= 11 is 3.53. The van der Waals surface area contributed by atoms with E-state index < -0.39 is 10.0 Å². The average molecular weight is 365 g/mol. The summed E-state index contributed by atoms with van der Waals surface area (Å²) < 4.78 is 30.2. The Morgan fingerprint density at radius 3 is 2.20 bits per heavy atom. The Kier molecular flexibility index (Phi) is 6.44. The highest BCUT2D eigenvalue weighted by molar-refractivity contribution is 9.09. The zero-order valence-corrected chi connectivity index (χ0v) is 14.6. The van der Waals surface area contributed by atoms with Crippen molar-refractivity contribution in [3.63, 3.8) is 0 Å². The Morgan fingerprint density at radius 1 is 1.20 bits per heavy atom. The molecular weight excluding hydrogens is 344 g/mol. The van der Waals surface area contributed by atoms with Crippen molar-refractivity contribution in [2.75, 3.05) is 46.3 Å². The molecule has 7 heteroatoms. The number of halogens is 1. The third-order valence-corrected chi connectivity index (χ3v) is 5.26. The molecule has 1 unspecified atom stereocenters. The van der Waals surface area contributed by atoms with Crippen molar-refractivity contribution in [2.45, 2.75) is 9.72 Å². The van der Waals surface area contributed by atoms with Crippen LogP contribution in [-0.2, 0) is 14.8 Å². The van der Waals surface area contributed by atoms with E-state index in [1.54, 1.807) is 19.2 Å². The van der Waals surface area contributed by atoms with Gasteiger partial charge in [-0.05, 0) is 24.3 Å². The molecule has 0 aliphatic heterocycles. The monoisotopic (exact) mass is 364 g/mol. The number of anilines is 1. The van der Waals surface area contributed by atoms with E-state index in [2.05, 4.69) is 15.9 Å². The number of nitrogens with zero attached hydrogens (tertiary/aromatic N) is 2. The predicted molar refractivity (Wildman–Crippen MR) is 85.2 cm³/mol. The van der Waals surface area contributed by atoms with Crippen LogP contribution in [0.25, 0.3) is 0 Å². The van der Waals surface area contributed by atoms with Gasteiger partial charge >= 0.3 is 0 Å². The van der Waals surface area contributed by atoms with E-state index in [4.69, 9.17) is 4.74 Å². The highest BCUT2D eigenvalue weighted by Gasteiger charge is 2.17. The van der Waals surface area contributed by atoms with Crippen LogP contribution >= 0.6 is 15.9 Å². The van der Waals surface area contributed by atoms with Gasteiger partial charge in [0.2, 0.25) is 10.0 Å². The molecule has 1 aromatic rings. The fourth-order valence-electron chi connectivity index (χ4n) is 1.72. The van der Waals surface area contributed by atoms with Gasteiger partial charge in [-0.3, -0.25) is 0 Å². The minimum absolute atomic E-state index is 0.225. The lowest BCUT2D eigenvalue weighted by Crippen LogP contribution is -2.28. The maximum atomic E-state index is 12.0. The van der Waals surface area contributed by atoms with Crippen LogP contribution in [0, 0.1) is 0 Å². The van der Waals surface area contributed by atoms with Gasteiger partial charge in [0.25, 0.3) is 0 Å². The highest BCUT2D eigenvalue weighted by atomic mass is 79.9. The molecule has 1 atom stereocenters. The average Bonchev–Trinajstić information content (AvgIpc) is 2.38. The van der Waals surface area contributed by atoms with E-state index in [1.165, 1.54) is 18.4 Å². The second-order valence-corrected chi connectivity index (χ2v) is 8.16. The van der Waals surface area contributed by atoms with Gasteiger partial charge in [-0.2, -0.15) is 0 Å². The SMILES string of the molecule is COCC(Br)CN(C)c1ccc(S(=O)(=O)N(C)C)cc1. The van der Waals surface area contributed by atoms with Crippen molar-refractivity contribution in [2.24, 2.45) is 0 Å². The van der Waals surface area contributed by atoms with E-state index in [9.17, 15) is 8.42 Å². The number of ether oxygens (including phenoxy) is 1. The first-order valence-corrected chi connectivity index (χ1v) is 8.51. The van der Waals surface area contributed by atoms with E-state index in [0.717, 1.165) is 12.2 Å². The molecule has 0 aliphatic carbocycles. The summed E-state index contributed by atoms with van der Waals surface area (Å²) in [6, 6.07) is 6.87. The Morgan fingerprint density at radius 2 is 1.75 bits per heavy atom. The molecule has 0 radical (unpaired) electrons. The summed E-state index contributed by atoms with van der Waals surface area (Å²) in [6.45, 7) is 1.39. The highest BCUT2D eigenvalue weighted by Crippen LogP contribution is 2.19. The van der Waals surface area contributed by atoms with Crippen molar-refractivity contribution in [1.82, 2.24) is 4.31 Å². The molecule has 0 N–H and O–H groups in total. The number of alkyl halides is 1. The standard InChI is InChI=1S/C13H21BrN2O3S/c1-15(2)20(17,18)13-7-5-12(6-8-13)16(3)9-11(14)10-19-4/h5-8,11H,9-10H2,1-4H3. The summed E-state index contributed by atoms with van der Waals surface area (Å²) in [5.74, 6) is 0. The van der Waals surface area contributed by atoms with Crippen molar-refractivity contribution < 1.29 is 13.2 Å². The van der Waals surface area contributed by atoms with Crippen LogP contribution in [0.15, 0.2) is 29.2 Å². The number of sulfonamides is 1. The van der Waals surface area contributed by atoms with E-state index >= 15 is 0 Å². The number of hydrogen-bond acceptors (Lipinski definition) is 4. The molecule has 0 aliphatic rings. The van der Waals surface area contributed by atoms with Crippen molar-refractivity contribution in [1.29, 1.82) is 0 Å². The van der Waals surface area contributed by atoms with Gasteiger partial charge < -0.3 is 9.64 Å². The van der Waals surface area contributed by atoms with Gasteiger partial charge in [-0.15, -0.1) is 0 Å². The molecule has 0 aromatic heterocycles. The van der Waals surface area contributed by atoms with Crippen LogP contribution in [0.1, 0.15) is 0 Å². The fraction of sp³-hybridized carbons (Fsp3) is 0.538. The Hall–Kier alpha value is -0.630. The van der Waals surface area contributed by atoms with Crippen LogP contribution in [0.5, 0.6) is 0 Å². The number of hydrogen-bond donors (Lipinski definition) is 0.